The molecule has 0 saturated heterocycles. The average Bonchev–Trinajstić information content (AvgIpc) is 2.02. The minimum absolute atomic E-state index is 0.173. The Bertz CT molecular complexity index is 160. The highest BCUT2D eigenvalue weighted by molar-refractivity contribution is 6.77. The van der Waals surface area contributed by atoms with E-state index in [4.69, 9.17) is 10.2 Å². The van der Waals surface area contributed by atoms with Gasteiger partial charge in [-0.2, -0.15) is 0 Å². The summed E-state index contributed by atoms with van der Waals surface area (Å²) in [4.78, 5) is 0. The van der Waals surface area contributed by atoms with Crippen LogP contribution < -0.4 is 0 Å². The maximum atomic E-state index is 8.99. The largest absolute Gasteiger partial charge is 0.395 e. The number of hydrogen-bond donors (Lipinski definition) is 2. The topological polar surface area (TPSA) is 43.7 Å². The fourth-order valence-electron chi connectivity index (χ4n) is 1.39. The van der Waals surface area contributed by atoms with Crippen LogP contribution in [0.1, 0.15) is 20.8 Å². The number of aliphatic hydroxyl groups excluding tert-OH is 2. The predicted octanol–water partition coefficient (Wildman–Crippen LogP) is 1.28. The third-order valence-corrected chi connectivity index (χ3v) is 9.06. The zero-order valence-corrected chi connectivity index (χ0v) is 11.2. The first-order chi connectivity index (χ1) is 6.27. The summed E-state index contributed by atoms with van der Waals surface area (Å²) in [6, 6.07) is 0. The molecule has 0 spiro atoms. The smallest absolute Gasteiger partial charge is 0.127 e. The SMILES string of the molecule is CC(C)(C)[Si](C)(C)N(CCO)CCO. The van der Waals surface area contributed by atoms with E-state index < -0.39 is 8.24 Å². The van der Waals surface area contributed by atoms with Gasteiger partial charge in [0.05, 0.1) is 13.2 Å². The summed E-state index contributed by atoms with van der Waals surface area (Å²) in [6.45, 7) is 13.0. The third-order valence-electron chi connectivity index (χ3n) is 3.37. The molecule has 86 valence electrons. The van der Waals surface area contributed by atoms with Crippen molar-refractivity contribution in [3.63, 3.8) is 0 Å². The summed E-state index contributed by atoms with van der Waals surface area (Å²) in [6.07, 6.45) is 0. The van der Waals surface area contributed by atoms with Crippen LogP contribution in [0.25, 0.3) is 0 Å². The molecule has 0 radical (unpaired) electrons. The van der Waals surface area contributed by atoms with Crippen LogP contribution in [-0.4, -0.2) is 49.3 Å². The molecule has 0 aliphatic carbocycles. The maximum Gasteiger partial charge on any atom is 0.127 e. The molecule has 0 heterocycles. The van der Waals surface area contributed by atoms with Crippen LogP contribution in [-0.2, 0) is 0 Å². The van der Waals surface area contributed by atoms with Crippen molar-refractivity contribution in [1.82, 2.24) is 4.57 Å². The van der Waals surface area contributed by atoms with E-state index in [-0.39, 0.29) is 18.3 Å². The van der Waals surface area contributed by atoms with E-state index in [1.54, 1.807) is 0 Å². The summed E-state index contributed by atoms with van der Waals surface area (Å²) < 4.78 is 2.27. The normalized spacial score (nSPS) is 13.7. The molecule has 2 N–H and O–H groups in total. The van der Waals surface area contributed by atoms with E-state index in [1.807, 2.05) is 0 Å². The van der Waals surface area contributed by atoms with Crippen LogP contribution in [0.15, 0.2) is 0 Å². The van der Waals surface area contributed by atoms with Gasteiger partial charge in [-0.25, -0.2) is 0 Å². The molecule has 0 aliphatic heterocycles. The average molecular weight is 219 g/mol. The maximum absolute atomic E-state index is 8.99. The van der Waals surface area contributed by atoms with E-state index >= 15 is 0 Å². The van der Waals surface area contributed by atoms with Gasteiger partial charge in [0.2, 0.25) is 0 Å². The van der Waals surface area contributed by atoms with Gasteiger partial charge in [0.15, 0.2) is 0 Å². The molecule has 0 rings (SSSR count). The fourth-order valence-corrected chi connectivity index (χ4v) is 3.65. The lowest BCUT2D eigenvalue weighted by Crippen LogP contribution is -2.56. The molecule has 0 aromatic carbocycles. The first-order valence-corrected chi connectivity index (χ1v) is 8.19. The van der Waals surface area contributed by atoms with Crippen molar-refractivity contribution < 1.29 is 10.2 Å². The molecule has 0 fully saturated rings. The first-order valence-electron chi connectivity index (χ1n) is 5.24. The molecule has 0 aromatic heterocycles. The fraction of sp³-hybridized carbons (Fsp3) is 1.00. The summed E-state index contributed by atoms with van der Waals surface area (Å²) in [5.74, 6) is 0. The van der Waals surface area contributed by atoms with Gasteiger partial charge in [0, 0.05) is 13.1 Å². The highest BCUT2D eigenvalue weighted by atomic mass is 28.3. The molecule has 0 unspecified atom stereocenters. The summed E-state index contributed by atoms with van der Waals surface area (Å²) >= 11 is 0. The van der Waals surface area contributed by atoms with Gasteiger partial charge >= 0.3 is 0 Å². The number of rotatable bonds is 5. The standard InChI is InChI=1S/C10H25NO2Si/c1-10(2,3)14(4,5)11(6-8-12)7-9-13/h12-13H,6-9H2,1-5H3. The number of hydrogen-bond acceptors (Lipinski definition) is 3. The minimum Gasteiger partial charge on any atom is -0.395 e. The van der Waals surface area contributed by atoms with Gasteiger partial charge < -0.3 is 14.8 Å². The van der Waals surface area contributed by atoms with Crippen LogP contribution in [0.4, 0.5) is 0 Å². The van der Waals surface area contributed by atoms with Crippen molar-refractivity contribution >= 4 is 8.24 Å². The molecule has 0 saturated carbocycles. The van der Waals surface area contributed by atoms with Crippen LogP contribution in [0, 0.1) is 0 Å². The van der Waals surface area contributed by atoms with Crippen molar-refractivity contribution in [3.05, 3.63) is 0 Å². The molecule has 0 amide bonds. The molecule has 14 heavy (non-hydrogen) atoms. The molecule has 4 heteroatoms. The summed E-state index contributed by atoms with van der Waals surface area (Å²) in [7, 11) is -1.56. The van der Waals surface area contributed by atoms with Crippen molar-refractivity contribution in [2.24, 2.45) is 0 Å². The third kappa shape index (κ3) is 3.35. The number of nitrogens with zero attached hydrogens (tertiary/aromatic N) is 1. The molecular weight excluding hydrogens is 194 g/mol. The lowest BCUT2D eigenvalue weighted by molar-refractivity contribution is 0.209. The van der Waals surface area contributed by atoms with Crippen molar-refractivity contribution in [3.8, 4) is 0 Å². The molecule has 0 bridgehead atoms. The Kier molecular flexibility index (Phi) is 5.29. The van der Waals surface area contributed by atoms with Crippen LogP contribution >= 0.6 is 0 Å². The molecule has 0 atom stereocenters. The second-order valence-electron chi connectivity index (χ2n) is 5.24. The Labute approximate surface area is 88.8 Å². The lowest BCUT2D eigenvalue weighted by Gasteiger charge is -2.45. The minimum atomic E-state index is -1.56. The Morgan fingerprint density at radius 3 is 1.57 bits per heavy atom. The highest BCUT2D eigenvalue weighted by Gasteiger charge is 2.40. The molecule has 3 nitrogen and oxygen atoms in total. The highest BCUT2D eigenvalue weighted by Crippen LogP contribution is 2.37. The zero-order valence-electron chi connectivity index (χ0n) is 10.2. The molecule has 0 aliphatic rings. The van der Waals surface area contributed by atoms with Crippen molar-refractivity contribution in [1.29, 1.82) is 0 Å². The van der Waals surface area contributed by atoms with Crippen LogP contribution in [0.5, 0.6) is 0 Å². The van der Waals surface area contributed by atoms with E-state index in [2.05, 4.69) is 38.4 Å². The Balaban J connectivity index is 4.61. The summed E-state index contributed by atoms with van der Waals surface area (Å²) in [5, 5.41) is 18.2. The lowest BCUT2D eigenvalue weighted by atomic mass is 10.2. The predicted molar refractivity (Wildman–Crippen MR) is 62.9 cm³/mol. The van der Waals surface area contributed by atoms with Gasteiger partial charge in [-0.3, -0.25) is 0 Å². The first kappa shape index (κ1) is 14.1. The van der Waals surface area contributed by atoms with E-state index in [0.717, 1.165) is 0 Å². The van der Waals surface area contributed by atoms with E-state index in [9.17, 15) is 0 Å². The number of aliphatic hydroxyl groups is 2. The molecular formula is C10H25NO2Si. The van der Waals surface area contributed by atoms with Crippen molar-refractivity contribution in [2.45, 2.75) is 38.9 Å². The van der Waals surface area contributed by atoms with E-state index in [1.165, 1.54) is 0 Å². The van der Waals surface area contributed by atoms with Gasteiger partial charge in [-0.05, 0) is 5.04 Å². The van der Waals surface area contributed by atoms with Crippen LogP contribution in [0.3, 0.4) is 0 Å². The van der Waals surface area contributed by atoms with Gasteiger partial charge in [0.25, 0.3) is 0 Å². The van der Waals surface area contributed by atoms with Gasteiger partial charge in [0.1, 0.15) is 8.24 Å². The van der Waals surface area contributed by atoms with Crippen LogP contribution in [0.2, 0.25) is 18.1 Å². The van der Waals surface area contributed by atoms with Gasteiger partial charge in [-0.1, -0.05) is 33.9 Å². The monoisotopic (exact) mass is 219 g/mol. The quantitative estimate of drug-likeness (QED) is 0.685. The van der Waals surface area contributed by atoms with E-state index in [0.29, 0.717) is 13.1 Å². The Hall–Kier alpha value is 0.0969. The Morgan fingerprint density at radius 2 is 1.36 bits per heavy atom. The zero-order chi connectivity index (χ0) is 11.4. The second kappa shape index (κ2) is 5.26. The van der Waals surface area contributed by atoms with Gasteiger partial charge in [-0.15, -0.1) is 0 Å². The molecule has 0 aromatic rings. The second-order valence-corrected chi connectivity index (χ2v) is 10.5. The Morgan fingerprint density at radius 1 is 1.00 bits per heavy atom. The van der Waals surface area contributed by atoms with Crippen molar-refractivity contribution in [2.75, 3.05) is 26.3 Å². The summed E-state index contributed by atoms with van der Waals surface area (Å²) in [5.41, 5.74) is 0.